The van der Waals surface area contributed by atoms with Gasteiger partial charge in [-0.3, -0.25) is 9.69 Å². The van der Waals surface area contributed by atoms with Crippen LogP contribution in [-0.4, -0.2) is 54.3 Å². The predicted octanol–water partition coefficient (Wildman–Crippen LogP) is 1.13. The van der Waals surface area contributed by atoms with Crippen LogP contribution in [0.3, 0.4) is 0 Å². The van der Waals surface area contributed by atoms with Crippen LogP contribution in [0.2, 0.25) is 0 Å². The van der Waals surface area contributed by atoms with Crippen LogP contribution in [0.4, 0.5) is 0 Å². The second kappa shape index (κ2) is 4.62. The van der Waals surface area contributed by atoms with Crippen LogP contribution in [0.25, 0.3) is 0 Å². The van der Waals surface area contributed by atoms with Gasteiger partial charge >= 0.3 is 0 Å². The van der Waals surface area contributed by atoms with E-state index in [1.165, 1.54) is 19.4 Å². The number of carbonyl (C=O) groups excluding carboxylic acids is 1. The summed E-state index contributed by atoms with van der Waals surface area (Å²) in [6.07, 6.45) is 4.10. The standard InChI is InChI=1S/C12H22N2O/c1-10-9-11(3-6-13(10)2)14-7-4-12(15)5-8-14/h10-11H,3-9H2,1-2H3. The quantitative estimate of drug-likeness (QED) is 0.648. The smallest absolute Gasteiger partial charge is 0.135 e. The Morgan fingerprint density at radius 1 is 1.20 bits per heavy atom. The molecular formula is C12H22N2O. The molecule has 2 aliphatic heterocycles. The van der Waals surface area contributed by atoms with Crippen LogP contribution in [0.15, 0.2) is 0 Å². The van der Waals surface area contributed by atoms with Crippen molar-refractivity contribution < 1.29 is 4.79 Å². The molecule has 0 aromatic heterocycles. The molecule has 3 nitrogen and oxygen atoms in total. The zero-order valence-electron chi connectivity index (χ0n) is 9.91. The van der Waals surface area contributed by atoms with E-state index in [1.807, 2.05) is 0 Å². The van der Waals surface area contributed by atoms with Crippen molar-refractivity contribution >= 4 is 5.78 Å². The van der Waals surface area contributed by atoms with Gasteiger partial charge in [0, 0.05) is 38.0 Å². The van der Waals surface area contributed by atoms with Gasteiger partial charge in [-0.25, -0.2) is 0 Å². The number of rotatable bonds is 1. The molecular weight excluding hydrogens is 188 g/mol. The third-order valence-corrected chi connectivity index (χ3v) is 4.05. The molecule has 2 heterocycles. The molecule has 2 aliphatic rings. The summed E-state index contributed by atoms with van der Waals surface area (Å²) >= 11 is 0. The summed E-state index contributed by atoms with van der Waals surface area (Å²) in [7, 11) is 2.21. The van der Waals surface area contributed by atoms with E-state index in [2.05, 4.69) is 23.8 Å². The fourth-order valence-electron chi connectivity index (χ4n) is 2.73. The third-order valence-electron chi connectivity index (χ3n) is 4.05. The third kappa shape index (κ3) is 2.58. The van der Waals surface area contributed by atoms with E-state index in [1.54, 1.807) is 0 Å². The molecule has 2 rings (SSSR count). The minimum atomic E-state index is 0.451. The fourth-order valence-corrected chi connectivity index (χ4v) is 2.73. The van der Waals surface area contributed by atoms with Gasteiger partial charge in [0.2, 0.25) is 0 Å². The molecule has 2 fully saturated rings. The van der Waals surface area contributed by atoms with Crippen molar-refractivity contribution in [1.82, 2.24) is 9.80 Å². The molecule has 15 heavy (non-hydrogen) atoms. The first-order valence-electron chi connectivity index (χ1n) is 6.13. The zero-order chi connectivity index (χ0) is 10.8. The summed E-state index contributed by atoms with van der Waals surface area (Å²) in [6.45, 7) is 5.51. The molecule has 0 aromatic rings. The number of piperidine rings is 2. The lowest BCUT2D eigenvalue weighted by atomic mass is 9.95. The van der Waals surface area contributed by atoms with Crippen molar-refractivity contribution in [3.05, 3.63) is 0 Å². The van der Waals surface area contributed by atoms with Gasteiger partial charge < -0.3 is 4.90 Å². The number of Topliss-reactive ketones (excluding diaryl/α,β-unsaturated/α-hetero) is 1. The van der Waals surface area contributed by atoms with Gasteiger partial charge in [0.25, 0.3) is 0 Å². The number of likely N-dealkylation sites (tertiary alicyclic amines) is 2. The number of carbonyl (C=O) groups is 1. The number of ketones is 1. The van der Waals surface area contributed by atoms with E-state index in [-0.39, 0.29) is 0 Å². The molecule has 0 N–H and O–H groups in total. The molecule has 2 saturated heterocycles. The zero-order valence-corrected chi connectivity index (χ0v) is 9.91. The molecule has 0 radical (unpaired) electrons. The van der Waals surface area contributed by atoms with Crippen molar-refractivity contribution in [2.24, 2.45) is 0 Å². The molecule has 0 saturated carbocycles. The number of hydrogen-bond donors (Lipinski definition) is 0. The molecule has 3 heteroatoms. The van der Waals surface area contributed by atoms with Crippen LogP contribution < -0.4 is 0 Å². The Morgan fingerprint density at radius 2 is 1.87 bits per heavy atom. The highest BCUT2D eigenvalue weighted by Gasteiger charge is 2.29. The molecule has 0 aliphatic carbocycles. The molecule has 0 amide bonds. The van der Waals surface area contributed by atoms with Crippen LogP contribution in [0.1, 0.15) is 32.6 Å². The largest absolute Gasteiger partial charge is 0.304 e. The Kier molecular flexibility index (Phi) is 3.42. The lowest BCUT2D eigenvalue weighted by molar-refractivity contribution is -0.122. The second-order valence-corrected chi connectivity index (χ2v) is 5.08. The summed E-state index contributed by atoms with van der Waals surface area (Å²) in [6, 6.07) is 1.42. The molecule has 86 valence electrons. The maximum absolute atomic E-state index is 11.2. The van der Waals surface area contributed by atoms with Gasteiger partial charge in [-0.2, -0.15) is 0 Å². The predicted molar refractivity (Wildman–Crippen MR) is 60.9 cm³/mol. The number of hydrogen-bond acceptors (Lipinski definition) is 3. The highest BCUT2D eigenvalue weighted by Crippen LogP contribution is 2.22. The molecule has 2 atom stereocenters. The first-order chi connectivity index (χ1) is 7.16. The van der Waals surface area contributed by atoms with Gasteiger partial charge in [-0.05, 0) is 33.4 Å². The maximum atomic E-state index is 11.2. The topological polar surface area (TPSA) is 23.6 Å². The SMILES string of the molecule is CC1CC(N2CCC(=O)CC2)CCN1C. The van der Waals surface area contributed by atoms with Crippen LogP contribution in [0.5, 0.6) is 0 Å². The Morgan fingerprint density at radius 3 is 2.47 bits per heavy atom. The Balaban J connectivity index is 1.86. The molecule has 0 bridgehead atoms. The molecule has 0 aromatic carbocycles. The van der Waals surface area contributed by atoms with Crippen LogP contribution >= 0.6 is 0 Å². The van der Waals surface area contributed by atoms with Gasteiger partial charge in [0.1, 0.15) is 5.78 Å². The Hall–Kier alpha value is -0.410. The maximum Gasteiger partial charge on any atom is 0.135 e. The highest BCUT2D eigenvalue weighted by molar-refractivity contribution is 5.79. The monoisotopic (exact) mass is 210 g/mol. The van der Waals surface area contributed by atoms with E-state index in [4.69, 9.17) is 0 Å². The average molecular weight is 210 g/mol. The van der Waals surface area contributed by atoms with Gasteiger partial charge in [0.05, 0.1) is 0 Å². The van der Waals surface area contributed by atoms with Crippen LogP contribution in [-0.2, 0) is 4.79 Å². The van der Waals surface area contributed by atoms with E-state index in [0.717, 1.165) is 32.0 Å². The van der Waals surface area contributed by atoms with Crippen molar-refractivity contribution in [3.63, 3.8) is 0 Å². The second-order valence-electron chi connectivity index (χ2n) is 5.08. The minimum absolute atomic E-state index is 0.451. The van der Waals surface area contributed by atoms with E-state index in [9.17, 15) is 4.79 Å². The normalized spacial score (nSPS) is 35.7. The van der Waals surface area contributed by atoms with Gasteiger partial charge in [0.15, 0.2) is 0 Å². The Labute approximate surface area is 92.4 Å². The van der Waals surface area contributed by atoms with Crippen LogP contribution in [0, 0.1) is 0 Å². The minimum Gasteiger partial charge on any atom is -0.304 e. The summed E-state index contributed by atoms with van der Waals surface area (Å²) < 4.78 is 0. The van der Waals surface area contributed by atoms with E-state index >= 15 is 0 Å². The molecule has 0 spiro atoms. The lowest BCUT2D eigenvalue weighted by Gasteiger charge is -2.42. The van der Waals surface area contributed by atoms with Crippen molar-refractivity contribution in [2.75, 3.05) is 26.7 Å². The van der Waals surface area contributed by atoms with Crippen molar-refractivity contribution in [2.45, 2.75) is 44.7 Å². The lowest BCUT2D eigenvalue weighted by Crippen LogP contribution is -2.49. The number of nitrogens with zero attached hydrogens (tertiary/aromatic N) is 2. The summed E-state index contributed by atoms with van der Waals surface area (Å²) in [5, 5.41) is 0. The van der Waals surface area contributed by atoms with Gasteiger partial charge in [-0.15, -0.1) is 0 Å². The Bertz CT molecular complexity index is 232. The average Bonchev–Trinajstić information content (AvgIpc) is 2.23. The summed E-state index contributed by atoms with van der Waals surface area (Å²) in [4.78, 5) is 16.1. The first-order valence-corrected chi connectivity index (χ1v) is 6.13. The van der Waals surface area contributed by atoms with Crippen molar-refractivity contribution in [1.29, 1.82) is 0 Å². The molecule has 2 unspecified atom stereocenters. The van der Waals surface area contributed by atoms with Crippen molar-refractivity contribution in [3.8, 4) is 0 Å². The highest BCUT2D eigenvalue weighted by atomic mass is 16.1. The summed E-state index contributed by atoms with van der Waals surface area (Å²) in [5.74, 6) is 0.451. The first kappa shape index (κ1) is 11.1. The fraction of sp³-hybridized carbons (Fsp3) is 0.917. The van der Waals surface area contributed by atoms with Gasteiger partial charge in [-0.1, -0.05) is 0 Å². The van der Waals surface area contributed by atoms with E-state index < -0.39 is 0 Å². The van der Waals surface area contributed by atoms with E-state index in [0.29, 0.717) is 11.8 Å². The summed E-state index contributed by atoms with van der Waals surface area (Å²) in [5.41, 5.74) is 0.